The van der Waals surface area contributed by atoms with Crippen LogP contribution in [0.15, 0.2) is 103 Å². The standard InChI is InChI=1S/C44H47NO11/c1-26(46)56-43-25-53-33(43)20-21-42(4)32(47)23-30-22-31(24-44(52,41(30,2)3)37(36(42)43)55-39(50)29-18-12-7-13-19-29)54-40(51)35(48)34(27-14-8-5-9-15-27)45-38(49)28-16-10-6-11-17-28/h5-19,22,31,33-37,48,52H,20-21,23-25H2,1-4H3,(H,45,49)/t31-,33-,34+,35-,36+,37+,42+,43+,44-/m1/s1. The Morgan fingerprint density at radius 3 is 2.07 bits per heavy atom. The summed E-state index contributed by atoms with van der Waals surface area (Å²) >= 11 is 0. The van der Waals surface area contributed by atoms with E-state index in [1.165, 1.54) is 6.92 Å². The van der Waals surface area contributed by atoms with Gasteiger partial charge in [-0.25, -0.2) is 9.59 Å². The first-order chi connectivity index (χ1) is 26.6. The molecule has 0 radical (unpaired) electrons. The van der Waals surface area contributed by atoms with Crippen molar-refractivity contribution in [1.29, 1.82) is 0 Å². The van der Waals surface area contributed by atoms with E-state index in [4.69, 9.17) is 18.9 Å². The topological polar surface area (TPSA) is 175 Å². The average molecular weight is 766 g/mol. The number of Topliss-reactive ketones (excluding diaryl/α,β-unsaturated/α-hetero) is 1. The number of carbonyl (C=O) groups excluding carboxylic acids is 5. The number of hydrogen-bond donors (Lipinski definition) is 3. The third kappa shape index (κ3) is 6.63. The van der Waals surface area contributed by atoms with Gasteiger partial charge in [0.15, 0.2) is 11.7 Å². The van der Waals surface area contributed by atoms with Gasteiger partial charge < -0.3 is 34.5 Å². The van der Waals surface area contributed by atoms with E-state index in [2.05, 4.69) is 5.32 Å². The number of amides is 1. The van der Waals surface area contributed by atoms with Crippen molar-refractivity contribution in [3.63, 3.8) is 0 Å². The van der Waals surface area contributed by atoms with E-state index in [1.807, 2.05) is 0 Å². The Hall–Kier alpha value is -5.17. The second kappa shape index (κ2) is 14.7. The summed E-state index contributed by atoms with van der Waals surface area (Å²) in [5, 5.41) is 27.7. The lowest BCUT2D eigenvalue weighted by Crippen LogP contribution is -2.78. The molecule has 294 valence electrons. The maximum absolute atomic E-state index is 14.7. The van der Waals surface area contributed by atoms with Gasteiger partial charge in [-0.2, -0.15) is 0 Å². The Morgan fingerprint density at radius 2 is 1.48 bits per heavy atom. The van der Waals surface area contributed by atoms with E-state index in [-0.39, 0.29) is 30.8 Å². The number of carbonyl (C=O) groups is 5. The number of benzene rings is 3. The molecule has 1 heterocycles. The minimum Gasteiger partial charge on any atom is -0.456 e. The molecule has 3 aromatic rings. The van der Waals surface area contributed by atoms with E-state index in [1.54, 1.807) is 118 Å². The van der Waals surface area contributed by atoms with Crippen LogP contribution in [0.2, 0.25) is 0 Å². The summed E-state index contributed by atoms with van der Waals surface area (Å²) in [4.78, 5) is 68.8. The molecule has 9 atom stereocenters. The highest BCUT2D eigenvalue weighted by atomic mass is 16.6. The Bertz CT molecular complexity index is 2030. The number of hydrogen-bond acceptors (Lipinski definition) is 11. The van der Waals surface area contributed by atoms with Crippen LogP contribution in [-0.4, -0.2) is 82.0 Å². The summed E-state index contributed by atoms with van der Waals surface area (Å²) in [6.45, 7) is 6.43. The van der Waals surface area contributed by atoms with Crippen molar-refractivity contribution in [3.05, 3.63) is 119 Å². The van der Waals surface area contributed by atoms with Gasteiger partial charge in [-0.15, -0.1) is 0 Å². The number of ketones is 1. The van der Waals surface area contributed by atoms with Crippen LogP contribution in [0.25, 0.3) is 0 Å². The van der Waals surface area contributed by atoms with Crippen molar-refractivity contribution in [2.75, 3.05) is 6.61 Å². The molecule has 4 aliphatic rings. The first-order valence-corrected chi connectivity index (χ1v) is 18.9. The molecule has 1 aliphatic heterocycles. The lowest BCUT2D eigenvalue weighted by Gasteiger charge is -2.65. The predicted octanol–water partition coefficient (Wildman–Crippen LogP) is 4.83. The maximum atomic E-state index is 14.7. The lowest BCUT2D eigenvalue weighted by atomic mass is 9.46. The van der Waals surface area contributed by atoms with Gasteiger partial charge in [0.25, 0.3) is 5.91 Å². The molecule has 7 rings (SSSR count). The van der Waals surface area contributed by atoms with Gasteiger partial charge in [-0.3, -0.25) is 14.4 Å². The highest BCUT2D eigenvalue weighted by Gasteiger charge is 2.74. The highest BCUT2D eigenvalue weighted by molar-refractivity contribution is 5.95. The Labute approximate surface area is 325 Å². The summed E-state index contributed by atoms with van der Waals surface area (Å²) in [6, 6.07) is 23.9. The van der Waals surface area contributed by atoms with Gasteiger partial charge in [-0.05, 0) is 48.7 Å². The van der Waals surface area contributed by atoms with Crippen LogP contribution in [0, 0.1) is 16.7 Å². The number of fused-ring (bicyclic) bond motifs is 5. The first kappa shape index (κ1) is 39.1. The van der Waals surface area contributed by atoms with Crippen LogP contribution in [-0.2, 0) is 33.3 Å². The molecule has 1 amide bonds. The van der Waals surface area contributed by atoms with Crippen molar-refractivity contribution in [3.8, 4) is 0 Å². The quantitative estimate of drug-likeness (QED) is 0.155. The second-order valence-corrected chi connectivity index (χ2v) is 16.2. The van der Waals surface area contributed by atoms with Gasteiger partial charge in [0.1, 0.15) is 29.7 Å². The molecular formula is C44H47NO11. The SMILES string of the molecule is CC(=O)O[C@@]12CO[C@@H]1CC[C@@]1(C)C(=O)CC3=C[C@@H](OC(=O)[C@H](O)[C@@H](NC(=O)c4ccccc4)c4ccccc4)C[C@@](O)([C@@H](OC(=O)c4ccccc4)[C@H]21)C3(C)C. The van der Waals surface area contributed by atoms with E-state index < -0.39 is 82.2 Å². The molecule has 3 aliphatic carbocycles. The Balaban J connectivity index is 1.28. The lowest BCUT2D eigenvalue weighted by molar-refractivity contribution is -0.331. The Morgan fingerprint density at radius 1 is 0.875 bits per heavy atom. The van der Waals surface area contributed by atoms with Crippen molar-refractivity contribution in [2.45, 2.75) is 95.0 Å². The molecule has 12 heteroatoms. The van der Waals surface area contributed by atoms with Crippen molar-refractivity contribution < 1.29 is 53.1 Å². The Kier molecular flexibility index (Phi) is 10.3. The van der Waals surface area contributed by atoms with Gasteiger partial charge in [-0.1, -0.05) is 93.1 Å². The number of nitrogens with one attached hydrogen (secondary N) is 1. The van der Waals surface area contributed by atoms with Crippen LogP contribution in [0.5, 0.6) is 0 Å². The molecule has 1 saturated heterocycles. The summed E-state index contributed by atoms with van der Waals surface area (Å²) in [5.74, 6) is -4.29. The molecule has 2 bridgehead atoms. The molecule has 2 saturated carbocycles. The van der Waals surface area contributed by atoms with Gasteiger partial charge >= 0.3 is 17.9 Å². The van der Waals surface area contributed by atoms with Crippen LogP contribution in [0.4, 0.5) is 0 Å². The van der Waals surface area contributed by atoms with Crippen molar-refractivity contribution in [1.82, 2.24) is 5.32 Å². The summed E-state index contributed by atoms with van der Waals surface area (Å²) in [6.07, 6.45) is -3.34. The minimum absolute atomic E-state index is 0.0798. The molecular weight excluding hydrogens is 718 g/mol. The van der Waals surface area contributed by atoms with Crippen LogP contribution >= 0.6 is 0 Å². The van der Waals surface area contributed by atoms with Gasteiger partial charge in [0.2, 0.25) is 0 Å². The molecule has 12 nitrogen and oxygen atoms in total. The number of esters is 3. The molecule has 3 fully saturated rings. The molecule has 3 aromatic carbocycles. The number of ether oxygens (including phenoxy) is 4. The zero-order valence-electron chi connectivity index (χ0n) is 31.8. The van der Waals surface area contributed by atoms with Gasteiger partial charge in [0, 0.05) is 36.2 Å². The largest absolute Gasteiger partial charge is 0.456 e. The third-order valence-electron chi connectivity index (χ3n) is 12.6. The zero-order valence-corrected chi connectivity index (χ0v) is 31.8. The fraction of sp³-hybridized carbons (Fsp3) is 0.432. The van der Waals surface area contributed by atoms with Crippen LogP contribution < -0.4 is 5.32 Å². The highest BCUT2D eigenvalue weighted by Crippen LogP contribution is 2.63. The second-order valence-electron chi connectivity index (χ2n) is 16.2. The summed E-state index contributed by atoms with van der Waals surface area (Å²) < 4.78 is 24.4. The predicted molar refractivity (Wildman–Crippen MR) is 201 cm³/mol. The zero-order chi connectivity index (χ0) is 40.0. The van der Waals surface area contributed by atoms with E-state index in [0.29, 0.717) is 29.5 Å². The smallest absolute Gasteiger partial charge is 0.338 e. The van der Waals surface area contributed by atoms with E-state index in [9.17, 15) is 34.2 Å². The summed E-state index contributed by atoms with van der Waals surface area (Å²) in [5.41, 5.74) is -4.52. The molecule has 0 unspecified atom stereocenters. The molecule has 0 spiro atoms. The minimum atomic E-state index is -2.03. The molecule has 0 aromatic heterocycles. The number of aliphatic hydroxyl groups excluding tert-OH is 1. The van der Waals surface area contributed by atoms with E-state index in [0.717, 1.165) is 0 Å². The average Bonchev–Trinajstić information content (AvgIpc) is 3.17. The van der Waals surface area contributed by atoms with Gasteiger partial charge in [0.05, 0.1) is 24.1 Å². The third-order valence-corrected chi connectivity index (χ3v) is 12.6. The monoisotopic (exact) mass is 765 g/mol. The summed E-state index contributed by atoms with van der Waals surface area (Å²) in [7, 11) is 0. The fourth-order valence-corrected chi connectivity index (χ4v) is 9.34. The van der Waals surface area contributed by atoms with Crippen LogP contribution in [0.1, 0.15) is 85.7 Å². The first-order valence-electron chi connectivity index (χ1n) is 18.9. The van der Waals surface area contributed by atoms with Crippen molar-refractivity contribution in [2.24, 2.45) is 16.7 Å². The van der Waals surface area contributed by atoms with E-state index >= 15 is 0 Å². The fourth-order valence-electron chi connectivity index (χ4n) is 9.34. The number of rotatable bonds is 9. The van der Waals surface area contributed by atoms with Crippen LogP contribution in [0.3, 0.4) is 0 Å². The molecule has 3 N–H and O–H groups in total. The maximum Gasteiger partial charge on any atom is 0.338 e. The normalized spacial score (nSPS) is 31.2. The van der Waals surface area contributed by atoms with Crippen molar-refractivity contribution >= 4 is 29.6 Å². The molecule has 56 heavy (non-hydrogen) atoms. The number of aliphatic hydroxyl groups is 2.